The molecule has 0 aliphatic heterocycles. The first-order valence-electron chi connectivity index (χ1n) is 10.6. The molecule has 7 heteroatoms. The predicted octanol–water partition coefficient (Wildman–Crippen LogP) is 5.19. The van der Waals surface area contributed by atoms with Crippen molar-refractivity contribution in [2.45, 2.75) is 50.0 Å². The highest BCUT2D eigenvalue weighted by Crippen LogP contribution is 2.44. The summed E-state index contributed by atoms with van der Waals surface area (Å²) in [6.45, 7) is 0.113. The monoisotopic (exact) mass is 429 g/mol. The fourth-order valence-corrected chi connectivity index (χ4v) is 4.78. The number of alkyl carbamates (subject to hydrolysis) is 1. The molecule has 5 nitrogen and oxygen atoms in total. The number of nitrogens with one attached hydrogen (secondary N) is 1. The molecule has 2 aromatic rings. The molecule has 2 aromatic carbocycles. The van der Waals surface area contributed by atoms with Crippen LogP contribution in [0.2, 0.25) is 0 Å². The van der Waals surface area contributed by atoms with Crippen LogP contribution in [0.3, 0.4) is 0 Å². The Kier molecular flexibility index (Phi) is 5.94. The van der Waals surface area contributed by atoms with Gasteiger partial charge in [0.2, 0.25) is 5.92 Å². The largest absolute Gasteiger partial charge is 0.481 e. The van der Waals surface area contributed by atoms with E-state index in [9.17, 15) is 23.5 Å². The fraction of sp³-hybridized carbons (Fsp3) is 0.417. The summed E-state index contributed by atoms with van der Waals surface area (Å²) in [7, 11) is 0. The average molecular weight is 429 g/mol. The minimum absolute atomic E-state index is 0.107. The van der Waals surface area contributed by atoms with Crippen LogP contribution in [-0.4, -0.2) is 35.7 Å². The van der Waals surface area contributed by atoms with E-state index in [1.54, 1.807) is 0 Å². The maximum absolute atomic E-state index is 13.5. The molecule has 0 aromatic heterocycles. The van der Waals surface area contributed by atoms with Gasteiger partial charge in [0.25, 0.3) is 0 Å². The van der Waals surface area contributed by atoms with Gasteiger partial charge in [-0.05, 0) is 41.0 Å². The van der Waals surface area contributed by atoms with E-state index in [0.717, 1.165) is 22.3 Å². The summed E-state index contributed by atoms with van der Waals surface area (Å²) in [6.07, 6.45) is -1.27. The Balaban J connectivity index is 1.41. The van der Waals surface area contributed by atoms with Gasteiger partial charge in [-0.15, -0.1) is 0 Å². The smallest absolute Gasteiger partial charge is 0.407 e. The normalized spacial score (nSPS) is 18.6. The Morgan fingerprint density at radius 3 is 2.13 bits per heavy atom. The third kappa shape index (κ3) is 4.70. The number of alkyl halides is 2. The molecule has 1 unspecified atom stereocenters. The lowest BCUT2D eigenvalue weighted by Gasteiger charge is -2.33. The lowest BCUT2D eigenvalue weighted by Crippen LogP contribution is -2.44. The molecular formula is C24H25F2NO4. The van der Waals surface area contributed by atoms with Crippen LogP contribution in [0.25, 0.3) is 11.1 Å². The van der Waals surface area contributed by atoms with Gasteiger partial charge in [-0.3, -0.25) is 4.79 Å². The maximum Gasteiger partial charge on any atom is 0.407 e. The molecule has 1 atom stereocenters. The number of fused-ring (bicyclic) bond motifs is 3. The van der Waals surface area contributed by atoms with Gasteiger partial charge in [-0.1, -0.05) is 48.5 Å². The zero-order valence-electron chi connectivity index (χ0n) is 17.0. The minimum atomic E-state index is -2.71. The van der Waals surface area contributed by atoms with Gasteiger partial charge in [0.05, 0.1) is 6.42 Å². The predicted molar refractivity (Wildman–Crippen MR) is 111 cm³/mol. The van der Waals surface area contributed by atoms with Crippen molar-refractivity contribution in [1.29, 1.82) is 0 Å². The van der Waals surface area contributed by atoms with Crippen molar-refractivity contribution in [2.24, 2.45) is 5.92 Å². The van der Waals surface area contributed by atoms with Crippen molar-refractivity contribution in [3.8, 4) is 11.1 Å². The minimum Gasteiger partial charge on any atom is -0.481 e. The lowest BCUT2D eigenvalue weighted by atomic mass is 9.81. The summed E-state index contributed by atoms with van der Waals surface area (Å²) >= 11 is 0. The first kappa shape index (κ1) is 21.3. The Bertz CT molecular complexity index is 922. The zero-order valence-corrected chi connectivity index (χ0v) is 17.0. The van der Waals surface area contributed by atoms with Crippen LogP contribution >= 0.6 is 0 Å². The van der Waals surface area contributed by atoms with E-state index in [-0.39, 0.29) is 50.5 Å². The number of benzene rings is 2. The highest BCUT2D eigenvalue weighted by Gasteiger charge is 2.39. The third-order valence-corrected chi connectivity index (χ3v) is 6.37. The summed E-state index contributed by atoms with van der Waals surface area (Å²) in [6, 6.07) is 15.2. The van der Waals surface area contributed by atoms with Crippen LogP contribution in [0.5, 0.6) is 0 Å². The standard InChI is InChI=1S/C24H25F2NO4/c25-24(26)11-9-15(10-12-24)21(13-22(28)29)27-23(30)31-14-20-18-7-3-1-5-16(18)17-6-2-4-8-19(17)20/h1-8,15,20-21H,9-14H2,(H,27,30)(H,28,29). The summed E-state index contributed by atoms with van der Waals surface area (Å²) in [5, 5.41) is 11.8. The van der Waals surface area contributed by atoms with E-state index in [1.165, 1.54) is 0 Å². The molecule has 1 amide bonds. The molecule has 2 N–H and O–H groups in total. The first-order chi connectivity index (χ1) is 14.8. The molecule has 0 heterocycles. The number of carboxylic acid groups (broad SMARTS) is 1. The highest BCUT2D eigenvalue weighted by molar-refractivity contribution is 5.79. The molecule has 0 bridgehead atoms. The Morgan fingerprint density at radius 1 is 1.03 bits per heavy atom. The van der Waals surface area contributed by atoms with Crippen LogP contribution in [0.15, 0.2) is 48.5 Å². The summed E-state index contributed by atoms with van der Waals surface area (Å²) < 4.78 is 32.4. The van der Waals surface area contributed by atoms with E-state index < -0.39 is 24.0 Å². The topological polar surface area (TPSA) is 75.6 Å². The number of carbonyl (C=O) groups excluding carboxylic acids is 1. The van der Waals surface area contributed by atoms with Gasteiger partial charge in [0, 0.05) is 24.8 Å². The van der Waals surface area contributed by atoms with Crippen molar-refractivity contribution in [2.75, 3.05) is 6.61 Å². The van der Waals surface area contributed by atoms with E-state index >= 15 is 0 Å². The molecule has 4 rings (SSSR count). The third-order valence-electron chi connectivity index (χ3n) is 6.37. The van der Waals surface area contributed by atoms with Gasteiger partial charge in [0.15, 0.2) is 0 Å². The second-order valence-corrected chi connectivity index (χ2v) is 8.37. The molecule has 1 fully saturated rings. The molecule has 2 aliphatic rings. The molecular weight excluding hydrogens is 404 g/mol. The first-order valence-corrected chi connectivity index (χ1v) is 10.6. The van der Waals surface area contributed by atoms with E-state index in [0.29, 0.717) is 0 Å². The number of carbonyl (C=O) groups is 2. The molecule has 0 saturated heterocycles. The molecule has 0 radical (unpaired) electrons. The molecule has 0 spiro atoms. The number of hydrogen-bond donors (Lipinski definition) is 2. The van der Waals surface area contributed by atoms with E-state index in [4.69, 9.17) is 4.74 Å². The van der Waals surface area contributed by atoms with Crippen LogP contribution < -0.4 is 5.32 Å². The number of ether oxygens (including phenoxy) is 1. The zero-order chi connectivity index (χ0) is 22.0. The Labute approximate surface area is 179 Å². The van der Waals surface area contributed by atoms with Crippen molar-refractivity contribution in [1.82, 2.24) is 5.32 Å². The van der Waals surface area contributed by atoms with Crippen molar-refractivity contribution >= 4 is 12.1 Å². The Morgan fingerprint density at radius 2 is 1.58 bits per heavy atom. The quantitative estimate of drug-likeness (QED) is 0.662. The van der Waals surface area contributed by atoms with Crippen LogP contribution in [-0.2, 0) is 9.53 Å². The summed E-state index contributed by atoms with van der Waals surface area (Å²) in [5.41, 5.74) is 4.37. The summed E-state index contributed by atoms with van der Waals surface area (Å²) in [4.78, 5) is 23.8. The maximum atomic E-state index is 13.5. The van der Waals surface area contributed by atoms with Gasteiger partial charge >= 0.3 is 12.1 Å². The number of rotatable bonds is 6. The van der Waals surface area contributed by atoms with Crippen LogP contribution in [0, 0.1) is 5.92 Å². The fourth-order valence-electron chi connectivity index (χ4n) is 4.78. The number of hydrogen-bond acceptors (Lipinski definition) is 3. The van der Waals surface area contributed by atoms with E-state index in [2.05, 4.69) is 5.32 Å². The average Bonchev–Trinajstić information content (AvgIpc) is 3.05. The number of carboxylic acids is 1. The molecule has 164 valence electrons. The number of halogens is 2. The number of amides is 1. The molecule has 1 saturated carbocycles. The Hall–Kier alpha value is -2.96. The van der Waals surface area contributed by atoms with Crippen molar-refractivity contribution < 1.29 is 28.2 Å². The van der Waals surface area contributed by atoms with E-state index in [1.807, 2.05) is 48.5 Å². The van der Waals surface area contributed by atoms with Crippen molar-refractivity contribution in [3.05, 3.63) is 59.7 Å². The lowest BCUT2D eigenvalue weighted by molar-refractivity contribution is -0.138. The molecule has 2 aliphatic carbocycles. The van der Waals surface area contributed by atoms with Crippen molar-refractivity contribution in [3.63, 3.8) is 0 Å². The van der Waals surface area contributed by atoms with Gasteiger partial charge < -0.3 is 15.2 Å². The van der Waals surface area contributed by atoms with Gasteiger partial charge in [-0.25, -0.2) is 13.6 Å². The highest BCUT2D eigenvalue weighted by atomic mass is 19.3. The second kappa shape index (κ2) is 8.65. The van der Waals surface area contributed by atoms with Crippen LogP contribution in [0.4, 0.5) is 13.6 Å². The summed E-state index contributed by atoms with van der Waals surface area (Å²) in [5.74, 6) is -4.21. The SMILES string of the molecule is O=C(O)CC(NC(=O)OCC1c2ccccc2-c2ccccc21)C1CCC(F)(F)CC1. The van der Waals surface area contributed by atoms with Gasteiger partial charge in [0.1, 0.15) is 6.61 Å². The second-order valence-electron chi connectivity index (χ2n) is 8.37. The van der Waals surface area contributed by atoms with Crippen LogP contribution in [0.1, 0.15) is 49.1 Å². The molecule has 31 heavy (non-hydrogen) atoms. The number of aliphatic carboxylic acids is 1. The van der Waals surface area contributed by atoms with Gasteiger partial charge in [-0.2, -0.15) is 0 Å².